The highest BCUT2D eigenvalue weighted by molar-refractivity contribution is 5.84. The van der Waals surface area contributed by atoms with Gasteiger partial charge in [-0.2, -0.15) is 13.2 Å². The summed E-state index contributed by atoms with van der Waals surface area (Å²) in [4.78, 5) is 25.4. The molecule has 5 nitrogen and oxygen atoms in total. The predicted octanol–water partition coefficient (Wildman–Crippen LogP) is 1.98. The molecular formula is C13H11F3N2O3. The minimum absolute atomic E-state index is 0.182. The molecule has 0 bridgehead atoms. The summed E-state index contributed by atoms with van der Waals surface area (Å²) in [7, 11) is 0. The van der Waals surface area contributed by atoms with Gasteiger partial charge in [0.15, 0.2) is 0 Å². The summed E-state index contributed by atoms with van der Waals surface area (Å²) in [6.07, 6.45) is -4.59. The van der Waals surface area contributed by atoms with Crippen molar-refractivity contribution < 1.29 is 23.1 Å². The number of carboxylic acids is 1. The number of benzene rings is 1. The minimum atomic E-state index is -4.59. The molecule has 0 spiro atoms. The molecule has 2 rings (SSSR count). The maximum Gasteiger partial charge on any atom is 0.405 e. The number of nitrogens with one attached hydrogen (secondary N) is 1. The average Bonchev–Trinajstić information content (AvgIpc) is 2.35. The number of H-pyrrole nitrogens is 1. The van der Waals surface area contributed by atoms with Crippen molar-refractivity contribution in [1.82, 2.24) is 4.98 Å². The molecule has 2 N–H and O–H groups in total. The molecule has 0 radical (unpaired) electrons. The van der Waals surface area contributed by atoms with Crippen LogP contribution >= 0.6 is 0 Å². The Labute approximate surface area is 116 Å². The highest BCUT2D eigenvalue weighted by Crippen LogP contribution is 2.22. The third kappa shape index (κ3) is 3.74. The molecule has 0 aliphatic carbocycles. The van der Waals surface area contributed by atoms with E-state index in [9.17, 15) is 22.8 Å². The standard InChI is InChI=1S/C13H11F3N2O3/c14-13(15,16)7-18(6-11(19)20)10-5-8-3-1-2-4-9(8)12(21)17-10/h1-5H,6-7H2,(H,17,21)(H,19,20). The lowest BCUT2D eigenvalue weighted by Crippen LogP contribution is -2.39. The Balaban J connectivity index is 2.48. The van der Waals surface area contributed by atoms with Crippen LogP contribution in [-0.4, -0.2) is 35.3 Å². The van der Waals surface area contributed by atoms with Gasteiger partial charge in [0.1, 0.15) is 18.9 Å². The van der Waals surface area contributed by atoms with Crippen molar-refractivity contribution >= 4 is 22.6 Å². The van der Waals surface area contributed by atoms with Gasteiger partial charge in [0.2, 0.25) is 0 Å². The van der Waals surface area contributed by atoms with Gasteiger partial charge in [-0.3, -0.25) is 9.59 Å². The Bertz CT molecular complexity index is 724. The fourth-order valence-electron chi connectivity index (χ4n) is 1.97. The van der Waals surface area contributed by atoms with Crippen molar-refractivity contribution in [3.8, 4) is 0 Å². The average molecular weight is 300 g/mol. The van der Waals surface area contributed by atoms with Crippen molar-refractivity contribution in [1.29, 1.82) is 0 Å². The van der Waals surface area contributed by atoms with Crippen molar-refractivity contribution in [2.24, 2.45) is 0 Å². The molecule has 21 heavy (non-hydrogen) atoms. The summed E-state index contributed by atoms with van der Waals surface area (Å²) in [5, 5.41) is 9.49. The molecule has 0 atom stereocenters. The van der Waals surface area contributed by atoms with Gasteiger partial charge in [-0.1, -0.05) is 18.2 Å². The van der Waals surface area contributed by atoms with Crippen LogP contribution in [0.25, 0.3) is 10.8 Å². The van der Waals surface area contributed by atoms with Crippen LogP contribution in [-0.2, 0) is 4.79 Å². The van der Waals surface area contributed by atoms with E-state index >= 15 is 0 Å². The summed E-state index contributed by atoms with van der Waals surface area (Å²) in [5.74, 6) is -1.60. The van der Waals surface area contributed by atoms with Gasteiger partial charge < -0.3 is 15.0 Å². The Morgan fingerprint density at radius 3 is 2.57 bits per heavy atom. The largest absolute Gasteiger partial charge is 0.480 e. The lowest BCUT2D eigenvalue weighted by Gasteiger charge is -2.23. The summed E-state index contributed by atoms with van der Waals surface area (Å²) in [6.45, 7) is -2.33. The number of aromatic amines is 1. The number of alkyl halides is 3. The van der Waals surface area contributed by atoms with E-state index in [1.165, 1.54) is 12.1 Å². The SMILES string of the molecule is O=C(O)CN(CC(F)(F)F)c1cc2ccccc2c(=O)[nH]1. The first kappa shape index (κ1) is 14.9. The molecule has 2 aromatic rings. The summed E-state index contributed by atoms with van der Waals surface area (Å²) in [5.41, 5.74) is -0.569. The zero-order valence-electron chi connectivity index (χ0n) is 10.6. The summed E-state index contributed by atoms with van der Waals surface area (Å²) >= 11 is 0. The van der Waals surface area contributed by atoms with Crippen LogP contribution in [0.1, 0.15) is 0 Å². The van der Waals surface area contributed by atoms with Crippen molar-refractivity contribution in [3.05, 3.63) is 40.7 Å². The Morgan fingerprint density at radius 1 is 1.29 bits per heavy atom. The highest BCUT2D eigenvalue weighted by Gasteiger charge is 2.32. The van der Waals surface area contributed by atoms with Gasteiger partial charge in [0.25, 0.3) is 5.56 Å². The number of carbonyl (C=O) groups is 1. The van der Waals surface area contributed by atoms with E-state index in [0.717, 1.165) is 0 Å². The van der Waals surface area contributed by atoms with Crippen LogP contribution in [0.5, 0.6) is 0 Å². The number of anilines is 1. The maximum atomic E-state index is 12.5. The van der Waals surface area contributed by atoms with Gasteiger partial charge >= 0.3 is 12.1 Å². The van der Waals surface area contributed by atoms with E-state index in [0.29, 0.717) is 15.7 Å². The smallest absolute Gasteiger partial charge is 0.405 e. The van der Waals surface area contributed by atoms with Gasteiger partial charge in [0, 0.05) is 5.39 Å². The molecule has 0 saturated carbocycles. The number of hydrogen-bond donors (Lipinski definition) is 2. The van der Waals surface area contributed by atoms with E-state index in [1.807, 2.05) is 0 Å². The van der Waals surface area contributed by atoms with Crippen LogP contribution in [0.2, 0.25) is 0 Å². The summed E-state index contributed by atoms with van der Waals surface area (Å²) in [6, 6.07) is 7.69. The minimum Gasteiger partial charge on any atom is -0.480 e. The third-order valence-electron chi connectivity index (χ3n) is 2.78. The molecule has 0 unspecified atom stereocenters. The fraction of sp³-hybridized carbons (Fsp3) is 0.231. The second kappa shape index (κ2) is 5.47. The molecule has 0 aliphatic rings. The first-order chi connectivity index (χ1) is 9.76. The van der Waals surface area contributed by atoms with E-state index in [4.69, 9.17) is 5.11 Å². The molecule has 0 saturated heterocycles. The second-order valence-corrected chi connectivity index (χ2v) is 4.44. The molecule has 112 valence electrons. The first-order valence-electron chi connectivity index (χ1n) is 5.92. The topological polar surface area (TPSA) is 73.4 Å². The molecule has 0 fully saturated rings. The molecule has 0 amide bonds. The second-order valence-electron chi connectivity index (χ2n) is 4.44. The monoisotopic (exact) mass is 300 g/mol. The molecule has 1 heterocycles. The van der Waals surface area contributed by atoms with Crippen molar-refractivity contribution in [2.75, 3.05) is 18.0 Å². The van der Waals surface area contributed by atoms with Crippen LogP contribution in [0.15, 0.2) is 35.1 Å². The third-order valence-corrected chi connectivity index (χ3v) is 2.78. The predicted molar refractivity (Wildman–Crippen MR) is 70.5 cm³/mol. The number of pyridine rings is 1. The number of carboxylic acid groups (broad SMARTS) is 1. The first-order valence-corrected chi connectivity index (χ1v) is 5.92. The van der Waals surface area contributed by atoms with Crippen LogP contribution in [0, 0.1) is 0 Å². The zero-order valence-corrected chi connectivity index (χ0v) is 10.6. The molecule has 8 heteroatoms. The van der Waals surface area contributed by atoms with E-state index in [-0.39, 0.29) is 5.82 Å². The van der Waals surface area contributed by atoms with E-state index in [1.54, 1.807) is 18.2 Å². The summed E-state index contributed by atoms with van der Waals surface area (Å²) < 4.78 is 37.6. The fourth-order valence-corrected chi connectivity index (χ4v) is 1.97. The Hall–Kier alpha value is -2.51. The van der Waals surface area contributed by atoms with Crippen LogP contribution in [0.4, 0.5) is 19.0 Å². The normalized spacial score (nSPS) is 11.6. The number of rotatable bonds is 4. The number of fused-ring (bicyclic) bond motifs is 1. The lowest BCUT2D eigenvalue weighted by atomic mass is 10.1. The maximum absolute atomic E-state index is 12.5. The number of aliphatic carboxylic acids is 1. The quantitative estimate of drug-likeness (QED) is 0.905. The van der Waals surface area contributed by atoms with E-state index < -0.39 is 30.8 Å². The van der Waals surface area contributed by atoms with Gasteiger partial charge in [0.05, 0.1) is 0 Å². The van der Waals surface area contributed by atoms with Crippen molar-refractivity contribution in [3.63, 3.8) is 0 Å². The zero-order chi connectivity index (χ0) is 15.6. The van der Waals surface area contributed by atoms with Crippen LogP contribution in [0.3, 0.4) is 0 Å². The van der Waals surface area contributed by atoms with E-state index in [2.05, 4.69) is 4.98 Å². The van der Waals surface area contributed by atoms with Crippen molar-refractivity contribution in [2.45, 2.75) is 6.18 Å². The molecular weight excluding hydrogens is 289 g/mol. The highest BCUT2D eigenvalue weighted by atomic mass is 19.4. The van der Waals surface area contributed by atoms with Gasteiger partial charge in [-0.05, 0) is 17.5 Å². The molecule has 0 aliphatic heterocycles. The number of halogens is 3. The molecule has 1 aromatic carbocycles. The van der Waals surface area contributed by atoms with Crippen LogP contribution < -0.4 is 10.5 Å². The van der Waals surface area contributed by atoms with Gasteiger partial charge in [-0.25, -0.2) is 0 Å². The molecule has 1 aromatic heterocycles. The van der Waals surface area contributed by atoms with Gasteiger partial charge in [-0.15, -0.1) is 0 Å². The number of aromatic nitrogens is 1. The number of nitrogens with zero attached hydrogens (tertiary/aromatic N) is 1. The lowest BCUT2D eigenvalue weighted by molar-refractivity contribution is -0.136. The Morgan fingerprint density at radius 2 is 1.95 bits per heavy atom. The Kier molecular flexibility index (Phi) is 3.88. The number of hydrogen-bond acceptors (Lipinski definition) is 3.